The highest BCUT2D eigenvalue weighted by Crippen LogP contribution is 2.27. The van der Waals surface area contributed by atoms with Gasteiger partial charge in [0.15, 0.2) is 0 Å². The van der Waals surface area contributed by atoms with Crippen molar-refractivity contribution in [2.75, 3.05) is 7.05 Å². The van der Waals surface area contributed by atoms with Gasteiger partial charge in [-0.05, 0) is 12.8 Å². The van der Waals surface area contributed by atoms with E-state index in [9.17, 15) is 0 Å². The van der Waals surface area contributed by atoms with E-state index in [0.717, 1.165) is 36.5 Å². The number of hydrogen-bond donors (Lipinski definition) is 0. The first kappa shape index (κ1) is 10.3. The lowest BCUT2D eigenvalue weighted by atomic mass is 9.88. The van der Waals surface area contributed by atoms with Crippen molar-refractivity contribution in [1.29, 1.82) is 0 Å². The van der Waals surface area contributed by atoms with Crippen LogP contribution in [0.1, 0.15) is 45.0 Å². The molecule has 0 saturated heterocycles. The Labute approximate surface area is 90.4 Å². The van der Waals surface area contributed by atoms with Crippen LogP contribution in [0, 0.1) is 0 Å². The largest absolute Gasteiger partial charge is 0.291 e. The van der Waals surface area contributed by atoms with Crippen LogP contribution in [0.15, 0.2) is 4.99 Å². The van der Waals surface area contributed by atoms with E-state index >= 15 is 0 Å². The summed E-state index contributed by atoms with van der Waals surface area (Å²) in [5.74, 6) is 0. The van der Waals surface area contributed by atoms with E-state index in [-0.39, 0.29) is 5.41 Å². The van der Waals surface area contributed by atoms with Gasteiger partial charge in [0, 0.05) is 19.0 Å². The van der Waals surface area contributed by atoms with Crippen LogP contribution in [0.25, 0.3) is 0 Å². The van der Waals surface area contributed by atoms with Crippen LogP contribution in [-0.4, -0.2) is 27.8 Å². The summed E-state index contributed by atoms with van der Waals surface area (Å²) in [6.07, 6.45) is 2.17. The fourth-order valence-electron chi connectivity index (χ4n) is 1.99. The Kier molecular flexibility index (Phi) is 2.37. The summed E-state index contributed by atoms with van der Waals surface area (Å²) in [6.45, 7) is 7.47. The maximum Gasteiger partial charge on any atom is 0.106 e. The van der Waals surface area contributed by atoms with E-state index in [2.05, 4.69) is 36.1 Å². The van der Waals surface area contributed by atoms with Crippen LogP contribution >= 0.6 is 0 Å². The molecule has 0 aliphatic carbocycles. The molecule has 0 bridgehead atoms. The Bertz CT molecular complexity index is 395. The fraction of sp³-hybridized carbons (Fsp3) is 0.727. The number of fused-ring (bicyclic) bond motifs is 1. The van der Waals surface area contributed by atoms with Gasteiger partial charge in [-0.15, -0.1) is 5.10 Å². The highest BCUT2D eigenvalue weighted by atomic mass is 15.4. The molecule has 4 nitrogen and oxygen atoms in total. The van der Waals surface area contributed by atoms with Crippen molar-refractivity contribution in [3.8, 4) is 0 Å². The topological polar surface area (TPSA) is 43.1 Å². The van der Waals surface area contributed by atoms with Gasteiger partial charge in [0.1, 0.15) is 5.69 Å². The van der Waals surface area contributed by atoms with E-state index in [1.807, 2.05) is 11.7 Å². The van der Waals surface area contributed by atoms with Crippen LogP contribution in [0.4, 0.5) is 0 Å². The van der Waals surface area contributed by atoms with Gasteiger partial charge < -0.3 is 0 Å². The second-order valence-electron chi connectivity index (χ2n) is 5.03. The molecule has 0 unspecified atom stereocenters. The van der Waals surface area contributed by atoms with Gasteiger partial charge in [-0.1, -0.05) is 26.0 Å². The molecule has 0 atom stereocenters. The predicted octanol–water partition coefficient (Wildman–Crippen LogP) is 1.79. The molecule has 4 heteroatoms. The van der Waals surface area contributed by atoms with Gasteiger partial charge in [-0.25, -0.2) is 4.68 Å². The molecule has 82 valence electrons. The summed E-state index contributed by atoms with van der Waals surface area (Å²) in [4.78, 5) is 4.35. The molecule has 1 aromatic heterocycles. The first-order valence-corrected chi connectivity index (χ1v) is 5.44. The molecule has 2 rings (SSSR count). The van der Waals surface area contributed by atoms with Gasteiger partial charge >= 0.3 is 0 Å². The van der Waals surface area contributed by atoms with E-state index < -0.39 is 0 Å². The quantitative estimate of drug-likeness (QED) is 0.649. The normalized spacial score (nSPS) is 19.3. The maximum atomic E-state index is 4.35. The first-order valence-electron chi connectivity index (χ1n) is 5.44. The van der Waals surface area contributed by atoms with Gasteiger partial charge in [-0.2, -0.15) is 0 Å². The zero-order valence-corrected chi connectivity index (χ0v) is 9.91. The van der Waals surface area contributed by atoms with Crippen LogP contribution in [0.3, 0.4) is 0 Å². The van der Waals surface area contributed by atoms with Gasteiger partial charge in [0.2, 0.25) is 0 Å². The number of aliphatic imine (C=N–C) groups is 1. The van der Waals surface area contributed by atoms with Crippen molar-refractivity contribution in [3.63, 3.8) is 0 Å². The molecule has 0 radical (unpaired) electrons. The number of aromatic nitrogens is 3. The Morgan fingerprint density at radius 2 is 2.07 bits per heavy atom. The lowest BCUT2D eigenvalue weighted by Gasteiger charge is -2.21. The van der Waals surface area contributed by atoms with Crippen molar-refractivity contribution >= 4 is 5.71 Å². The van der Waals surface area contributed by atoms with Gasteiger partial charge in [0.25, 0.3) is 0 Å². The van der Waals surface area contributed by atoms with Crippen LogP contribution < -0.4 is 0 Å². The van der Waals surface area contributed by atoms with Crippen molar-refractivity contribution in [2.24, 2.45) is 4.99 Å². The molecular formula is C11H18N4. The lowest BCUT2D eigenvalue weighted by molar-refractivity contribution is 0.545. The summed E-state index contributed by atoms with van der Waals surface area (Å²) >= 11 is 0. The molecule has 0 saturated carbocycles. The fourth-order valence-corrected chi connectivity index (χ4v) is 1.99. The Hall–Kier alpha value is -1.19. The van der Waals surface area contributed by atoms with Gasteiger partial charge in [0.05, 0.1) is 11.4 Å². The minimum atomic E-state index is 0.0425. The summed E-state index contributed by atoms with van der Waals surface area (Å²) in [5.41, 5.74) is 3.41. The van der Waals surface area contributed by atoms with Crippen LogP contribution in [0.5, 0.6) is 0 Å². The molecule has 1 aliphatic heterocycles. The SMILES string of the molecule is CN=C1CCCn2nnc(C(C)(C)C)c21. The third kappa shape index (κ3) is 1.68. The standard InChI is InChI=1S/C11H18N4/c1-11(2,3)10-9-8(12-4)6-5-7-15(9)14-13-10/h5-7H2,1-4H3. The first-order chi connectivity index (χ1) is 7.04. The Balaban J connectivity index is 2.57. The second-order valence-corrected chi connectivity index (χ2v) is 5.03. The van der Waals surface area contributed by atoms with E-state index in [4.69, 9.17) is 0 Å². The predicted molar refractivity (Wildman–Crippen MR) is 60.4 cm³/mol. The van der Waals surface area contributed by atoms with Crippen molar-refractivity contribution in [1.82, 2.24) is 15.0 Å². The molecular weight excluding hydrogens is 188 g/mol. The zero-order valence-electron chi connectivity index (χ0n) is 9.91. The second kappa shape index (κ2) is 3.43. The average Bonchev–Trinajstić information content (AvgIpc) is 2.59. The van der Waals surface area contributed by atoms with Crippen LogP contribution in [-0.2, 0) is 12.0 Å². The van der Waals surface area contributed by atoms with Crippen LogP contribution in [0.2, 0.25) is 0 Å². The van der Waals surface area contributed by atoms with E-state index in [0.29, 0.717) is 0 Å². The van der Waals surface area contributed by atoms with Crippen molar-refractivity contribution in [2.45, 2.75) is 45.6 Å². The molecule has 0 spiro atoms. The Morgan fingerprint density at radius 3 is 2.67 bits per heavy atom. The molecule has 1 aliphatic rings. The zero-order chi connectivity index (χ0) is 11.1. The van der Waals surface area contributed by atoms with Gasteiger partial charge in [-0.3, -0.25) is 4.99 Å². The molecule has 0 N–H and O–H groups in total. The molecule has 2 heterocycles. The van der Waals surface area contributed by atoms with Crippen molar-refractivity contribution in [3.05, 3.63) is 11.4 Å². The summed E-state index contributed by atoms with van der Waals surface area (Å²) < 4.78 is 1.99. The minimum Gasteiger partial charge on any atom is -0.291 e. The number of rotatable bonds is 0. The maximum absolute atomic E-state index is 4.35. The minimum absolute atomic E-state index is 0.0425. The summed E-state index contributed by atoms with van der Waals surface area (Å²) in [6, 6.07) is 0. The lowest BCUT2D eigenvalue weighted by Crippen LogP contribution is -2.23. The molecule has 0 fully saturated rings. The highest BCUT2D eigenvalue weighted by molar-refractivity contribution is 6.00. The number of aryl methyl sites for hydroxylation is 1. The Morgan fingerprint density at radius 1 is 1.33 bits per heavy atom. The number of nitrogens with zero attached hydrogens (tertiary/aromatic N) is 4. The smallest absolute Gasteiger partial charge is 0.106 e. The van der Waals surface area contributed by atoms with E-state index in [1.54, 1.807) is 0 Å². The third-order valence-corrected chi connectivity index (χ3v) is 2.77. The number of hydrogen-bond acceptors (Lipinski definition) is 3. The molecule has 0 aromatic carbocycles. The molecule has 0 amide bonds. The van der Waals surface area contributed by atoms with Crippen molar-refractivity contribution < 1.29 is 0 Å². The monoisotopic (exact) mass is 206 g/mol. The molecule has 1 aromatic rings. The third-order valence-electron chi connectivity index (χ3n) is 2.77. The molecule has 15 heavy (non-hydrogen) atoms. The average molecular weight is 206 g/mol. The highest BCUT2D eigenvalue weighted by Gasteiger charge is 2.28. The van der Waals surface area contributed by atoms with E-state index in [1.165, 1.54) is 0 Å². The summed E-state index contributed by atoms with van der Waals surface area (Å²) in [5, 5.41) is 8.51. The summed E-state index contributed by atoms with van der Waals surface area (Å²) in [7, 11) is 1.85.